The second kappa shape index (κ2) is 5.69. The van der Waals surface area contributed by atoms with Crippen LogP contribution in [0.1, 0.15) is 39.0 Å². The lowest BCUT2D eigenvalue weighted by Gasteiger charge is -2.43. The molecule has 2 N–H and O–H groups in total. The van der Waals surface area contributed by atoms with Crippen LogP contribution in [-0.2, 0) is 9.59 Å². The second-order valence-electron chi connectivity index (χ2n) is 5.40. The molecule has 1 amide bonds. The second-order valence-corrected chi connectivity index (χ2v) is 5.40. The van der Waals surface area contributed by atoms with E-state index in [0.29, 0.717) is 18.8 Å². The average molecular weight is 254 g/mol. The molecule has 0 aromatic carbocycles. The first-order chi connectivity index (χ1) is 8.61. The number of likely N-dealkylation sites (tertiary alicyclic amines) is 1. The molecule has 5 nitrogen and oxygen atoms in total. The molecule has 0 bridgehead atoms. The molecule has 2 heterocycles. The van der Waals surface area contributed by atoms with Gasteiger partial charge >= 0.3 is 5.97 Å². The maximum atomic E-state index is 11.3. The Labute approximate surface area is 108 Å². The summed E-state index contributed by atoms with van der Waals surface area (Å²) in [5.41, 5.74) is 0. The zero-order chi connectivity index (χ0) is 13.1. The first-order valence-corrected chi connectivity index (χ1v) is 6.88. The highest BCUT2D eigenvalue weighted by Gasteiger charge is 2.37. The van der Waals surface area contributed by atoms with Crippen molar-refractivity contribution < 1.29 is 14.7 Å². The van der Waals surface area contributed by atoms with Crippen molar-refractivity contribution in [3.63, 3.8) is 0 Å². The molecule has 2 fully saturated rings. The Balaban J connectivity index is 1.97. The van der Waals surface area contributed by atoms with Crippen LogP contribution < -0.4 is 5.32 Å². The predicted octanol–water partition coefficient (Wildman–Crippen LogP) is 0.840. The summed E-state index contributed by atoms with van der Waals surface area (Å²) in [5.74, 6) is -0.140. The van der Waals surface area contributed by atoms with Gasteiger partial charge in [-0.2, -0.15) is 0 Å². The molecule has 5 heteroatoms. The molecular formula is C13H22N2O3. The van der Waals surface area contributed by atoms with Crippen LogP contribution in [0.15, 0.2) is 0 Å². The molecule has 0 spiro atoms. The van der Waals surface area contributed by atoms with E-state index in [1.165, 1.54) is 0 Å². The predicted molar refractivity (Wildman–Crippen MR) is 67.2 cm³/mol. The lowest BCUT2D eigenvalue weighted by molar-refractivity contribution is -0.145. The maximum absolute atomic E-state index is 11.3. The minimum absolute atomic E-state index is 0.146. The van der Waals surface area contributed by atoms with Gasteiger partial charge in [0.15, 0.2) is 0 Å². The smallest absolute Gasteiger partial charge is 0.320 e. The molecule has 3 atom stereocenters. The van der Waals surface area contributed by atoms with E-state index >= 15 is 0 Å². The molecule has 2 saturated heterocycles. The summed E-state index contributed by atoms with van der Waals surface area (Å²) in [6.07, 6.45) is 3.95. The standard InChI is InChI=1S/C13H22N2O3/c1-2-3-11(13(17)18)15-7-6-10-9(8-15)4-5-12(16)14-10/h9-11H,2-8H2,1H3,(H,14,16)(H,17,18). The van der Waals surface area contributed by atoms with Gasteiger partial charge in [-0.3, -0.25) is 14.5 Å². The number of rotatable bonds is 4. The Morgan fingerprint density at radius 1 is 1.56 bits per heavy atom. The van der Waals surface area contributed by atoms with Gasteiger partial charge in [0.05, 0.1) is 0 Å². The summed E-state index contributed by atoms with van der Waals surface area (Å²) in [6, 6.07) is -0.0906. The molecule has 0 saturated carbocycles. The van der Waals surface area contributed by atoms with Gasteiger partial charge in [0.25, 0.3) is 0 Å². The number of piperidine rings is 2. The van der Waals surface area contributed by atoms with Crippen molar-refractivity contribution >= 4 is 11.9 Å². The topological polar surface area (TPSA) is 69.6 Å². The van der Waals surface area contributed by atoms with Crippen LogP contribution in [0.5, 0.6) is 0 Å². The fraction of sp³-hybridized carbons (Fsp3) is 0.846. The lowest BCUT2D eigenvalue weighted by atomic mass is 9.84. The van der Waals surface area contributed by atoms with Crippen LogP contribution in [0.2, 0.25) is 0 Å². The fourth-order valence-electron chi connectivity index (χ4n) is 3.16. The van der Waals surface area contributed by atoms with Gasteiger partial charge in [0.2, 0.25) is 5.91 Å². The summed E-state index contributed by atoms with van der Waals surface area (Å²) < 4.78 is 0. The third kappa shape index (κ3) is 2.83. The molecule has 2 rings (SSSR count). The Bertz CT molecular complexity index is 332. The van der Waals surface area contributed by atoms with E-state index in [-0.39, 0.29) is 18.0 Å². The first kappa shape index (κ1) is 13.3. The van der Waals surface area contributed by atoms with Gasteiger partial charge < -0.3 is 10.4 Å². The lowest BCUT2D eigenvalue weighted by Crippen LogP contribution is -2.57. The third-order valence-corrected chi connectivity index (χ3v) is 4.14. The quantitative estimate of drug-likeness (QED) is 0.780. The Hall–Kier alpha value is -1.10. The normalized spacial score (nSPS) is 30.4. The highest BCUT2D eigenvalue weighted by molar-refractivity contribution is 5.77. The van der Waals surface area contributed by atoms with Crippen LogP contribution >= 0.6 is 0 Å². The van der Waals surface area contributed by atoms with Crippen LogP contribution in [0.25, 0.3) is 0 Å². The van der Waals surface area contributed by atoms with E-state index in [1.54, 1.807) is 0 Å². The number of carbonyl (C=O) groups is 2. The molecule has 2 aliphatic heterocycles. The van der Waals surface area contributed by atoms with E-state index in [2.05, 4.69) is 10.2 Å². The zero-order valence-electron chi connectivity index (χ0n) is 10.9. The number of fused-ring (bicyclic) bond motifs is 1. The Morgan fingerprint density at radius 2 is 2.33 bits per heavy atom. The van der Waals surface area contributed by atoms with Crippen LogP contribution in [0, 0.1) is 5.92 Å². The summed E-state index contributed by atoms with van der Waals surface area (Å²) in [5, 5.41) is 12.3. The average Bonchev–Trinajstić information content (AvgIpc) is 2.35. The van der Waals surface area contributed by atoms with E-state index < -0.39 is 5.97 Å². The monoisotopic (exact) mass is 254 g/mol. The first-order valence-electron chi connectivity index (χ1n) is 6.88. The van der Waals surface area contributed by atoms with Crippen LogP contribution in [0.4, 0.5) is 0 Å². The van der Waals surface area contributed by atoms with Crippen molar-refractivity contribution in [3.05, 3.63) is 0 Å². The summed E-state index contributed by atoms with van der Waals surface area (Å²) >= 11 is 0. The molecule has 0 aliphatic carbocycles. The summed E-state index contributed by atoms with van der Waals surface area (Å²) in [7, 11) is 0. The Morgan fingerprint density at radius 3 is 3.00 bits per heavy atom. The molecule has 0 radical (unpaired) electrons. The van der Waals surface area contributed by atoms with Crippen molar-refractivity contribution in [2.45, 2.75) is 51.1 Å². The number of nitrogens with zero attached hydrogens (tertiary/aromatic N) is 1. The van der Waals surface area contributed by atoms with E-state index in [9.17, 15) is 14.7 Å². The van der Waals surface area contributed by atoms with Crippen molar-refractivity contribution in [1.29, 1.82) is 0 Å². The number of nitrogens with one attached hydrogen (secondary N) is 1. The molecule has 0 aromatic heterocycles. The third-order valence-electron chi connectivity index (χ3n) is 4.14. The van der Waals surface area contributed by atoms with Gasteiger partial charge in [0.1, 0.15) is 6.04 Å². The Kier molecular flexibility index (Phi) is 4.22. The van der Waals surface area contributed by atoms with E-state index in [1.807, 2.05) is 6.92 Å². The minimum atomic E-state index is -0.713. The molecule has 2 aliphatic rings. The van der Waals surface area contributed by atoms with E-state index in [0.717, 1.165) is 32.4 Å². The number of carbonyl (C=O) groups excluding carboxylic acids is 1. The van der Waals surface area contributed by atoms with Gasteiger partial charge in [-0.05, 0) is 25.2 Å². The van der Waals surface area contributed by atoms with E-state index in [4.69, 9.17) is 0 Å². The van der Waals surface area contributed by atoms with Crippen molar-refractivity contribution in [1.82, 2.24) is 10.2 Å². The number of hydrogen-bond donors (Lipinski definition) is 2. The number of hydrogen-bond acceptors (Lipinski definition) is 3. The van der Waals surface area contributed by atoms with Crippen molar-refractivity contribution in [3.8, 4) is 0 Å². The van der Waals surface area contributed by atoms with Gasteiger partial charge in [-0.25, -0.2) is 0 Å². The van der Waals surface area contributed by atoms with Crippen LogP contribution in [0.3, 0.4) is 0 Å². The SMILES string of the molecule is CCCC(C(=O)O)N1CCC2NC(=O)CCC2C1. The van der Waals surface area contributed by atoms with Crippen molar-refractivity contribution in [2.75, 3.05) is 13.1 Å². The number of amides is 1. The number of carboxylic acids is 1. The zero-order valence-corrected chi connectivity index (χ0v) is 10.9. The van der Waals surface area contributed by atoms with Gasteiger partial charge in [0, 0.05) is 25.6 Å². The molecule has 18 heavy (non-hydrogen) atoms. The highest BCUT2D eigenvalue weighted by Crippen LogP contribution is 2.27. The molecule has 3 unspecified atom stereocenters. The fourth-order valence-corrected chi connectivity index (χ4v) is 3.16. The van der Waals surface area contributed by atoms with Crippen molar-refractivity contribution in [2.24, 2.45) is 5.92 Å². The molecule has 102 valence electrons. The largest absolute Gasteiger partial charge is 0.480 e. The minimum Gasteiger partial charge on any atom is -0.480 e. The summed E-state index contributed by atoms with van der Waals surface area (Å²) in [4.78, 5) is 24.7. The number of aliphatic carboxylic acids is 1. The van der Waals surface area contributed by atoms with Gasteiger partial charge in [-0.15, -0.1) is 0 Å². The highest BCUT2D eigenvalue weighted by atomic mass is 16.4. The number of carboxylic acid groups (broad SMARTS) is 1. The molecule has 0 aromatic rings. The van der Waals surface area contributed by atoms with Gasteiger partial charge in [-0.1, -0.05) is 13.3 Å². The summed E-state index contributed by atoms with van der Waals surface area (Å²) in [6.45, 7) is 3.60. The van der Waals surface area contributed by atoms with Crippen LogP contribution in [-0.4, -0.2) is 47.1 Å². The molecular weight excluding hydrogens is 232 g/mol. The maximum Gasteiger partial charge on any atom is 0.320 e.